The number of hydrogen-bond donors (Lipinski definition) is 0. The van der Waals surface area contributed by atoms with Gasteiger partial charge in [0.05, 0.1) is 0 Å². The Morgan fingerprint density at radius 1 is 1.38 bits per heavy atom. The Labute approximate surface area is 80.2 Å². The van der Waals surface area contributed by atoms with Crippen molar-refractivity contribution in [1.29, 1.82) is 0 Å². The Bertz CT molecular complexity index is 242. The first-order chi connectivity index (χ1) is 6.23. The van der Waals surface area contributed by atoms with Crippen molar-refractivity contribution in [3.05, 3.63) is 12.2 Å². The van der Waals surface area contributed by atoms with E-state index in [2.05, 4.69) is 19.1 Å². The van der Waals surface area contributed by atoms with Crippen LogP contribution >= 0.6 is 0 Å². The van der Waals surface area contributed by atoms with Gasteiger partial charge in [0.25, 0.3) is 0 Å². The highest BCUT2D eigenvalue weighted by Crippen LogP contribution is 2.44. The Morgan fingerprint density at radius 3 is 2.85 bits per heavy atom. The summed E-state index contributed by atoms with van der Waals surface area (Å²) in [7, 11) is 0. The predicted octanol–water partition coefficient (Wildman–Crippen LogP) is 3.10. The smallest absolute Gasteiger partial charge is 0.139 e. The first kappa shape index (κ1) is 8.98. The summed E-state index contributed by atoms with van der Waals surface area (Å²) in [5.74, 6) is 1.17. The van der Waals surface area contributed by atoms with Gasteiger partial charge in [0.15, 0.2) is 0 Å². The topological polar surface area (TPSA) is 17.1 Å². The monoisotopic (exact) mass is 178 g/mol. The first-order valence-electron chi connectivity index (χ1n) is 5.41. The summed E-state index contributed by atoms with van der Waals surface area (Å²) in [5.41, 5.74) is 0.0707. The number of allylic oxidation sites excluding steroid dienone is 2. The molecule has 0 aromatic heterocycles. The van der Waals surface area contributed by atoms with Crippen LogP contribution in [0.4, 0.5) is 0 Å². The van der Waals surface area contributed by atoms with E-state index in [1.54, 1.807) is 0 Å². The van der Waals surface area contributed by atoms with E-state index in [1.165, 1.54) is 6.42 Å². The molecule has 0 amide bonds. The largest absolute Gasteiger partial charge is 0.299 e. The van der Waals surface area contributed by atoms with Gasteiger partial charge in [-0.1, -0.05) is 19.1 Å². The third kappa shape index (κ3) is 1.56. The Morgan fingerprint density at radius 2 is 2.23 bits per heavy atom. The minimum Gasteiger partial charge on any atom is -0.299 e. The van der Waals surface area contributed by atoms with E-state index >= 15 is 0 Å². The summed E-state index contributed by atoms with van der Waals surface area (Å²) in [6, 6.07) is 0. The molecule has 1 saturated carbocycles. The molecular formula is C12H18O. The van der Waals surface area contributed by atoms with Crippen molar-refractivity contribution < 1.29 is 4.79 Å². The number of hydrogen-bond acceptors (Lipinski definition) is 1. The molecular weight excluding hydrogens is 160 g/mol. The first-order valence-corrected chi connectivity index (χ1v) is 5.41. The molecule has 1 nitrogen and oxygen atoms in total. The molecule has 1 fully saturated rings. The fourth-order valence-corrected chi connectivity index (χ4v) is 2.67. The maximum Gasteiger partial charge on any atom is 0.139 e. The number of rotatable bonds is 0. The second-order valence-electron chi connectivity index (χ2n) is 4.77. The van der Waals surface area contributed by atoms with Gasteiger partial charge in [-0.15, -0.1) is 0 Å². The predicted molar refractivity (Wildman–Crippen MR) is 53.4 cm³/mol. The SMILES string of the molecule is CC1CCC2(CC=CCC2)C(=O)C1. The summed E-state index contributed by atoms with van der Waals surface area (Å²) < 4.78 is 0. The van der Waals surface area contributed by atoms with Gasteiger partial charge in [-0.25, -0.2) is 0 Å². The third-order valence-electron chi connectivity index (χ3n) is 3.71. The van der Waals surface area contributed by atoms with Gasteiger partial charge >= 0.3 is 0 Å². The maximum absolute atomic E-state index is 11.9. The van der Waals surface area contributed by atoms with Crippen LogP contribution in [0.3, 0.4) is 0 Å². The lowest BCUT2D eigenvalue weighted by atomic mass is 9.64. The summed E-state index contributed by atoms with van der Waals surface area (Å²) >= 11 is 0. The molecule has 1 heteroatoms. The van der Waals surface area contributed by atoms with Crippen molar-refractivity contribution in [2.24, 2.45) is 11.3 Å². The highest BCUT2D eigenvalue weighted by atomic mass is 16.1. The molecule has 0 bridgehead atoms. The molecule has 0 heterocycles. The zero-order valence-corrected chi connectivity index (χ0v) is 8.38. The lowest BCUT2D eigenvalue weighted by molar-refractivity contribution is -0.133. The van der Waals surface area contributed by atoms with Gasteiger partial charge in [0, 0.05) is 11.8 Å². The molecule has 2 unspecified atom stereocenters. The molecule has 0 N–H and O–H groups in total. The normalized spacial score (nSPS) is 39.8. The minimum atomic E-state index is 0.0707. The second-order valence-corrected chi connectivity index (χ2v) is 4.77. The number of Topliss-reactive ketones (excluding diaryl/α,β-unsaturated/α-hetero) is 1. The molecule has 0 aromatic rings. The second kappa shape index (κ2) is 3.28. The quantitative estimate of drug-likeness (QED) is 0.521. The highest BCUT2D eigenvalue weighted by molar-refractivity contribution is 5.86. The van der Waals surface area contributed by atoms with Crippen LogP contribution in [0.5, 0.6) is 0 Å². The number of ketones is 1. The molecule has 2 aliphatic rings. The molecule has 0 aliphatic heterocycles. The van der Waals surface area contributed by atoms with Crippen LogP contribution in [0.2, 0.25) is 0 Å². The van der Waals surface area contributed by atoms with Crippen LogP contribution < -0.4 is 0 Å². The van der Waals surface area contributed by atoms with Crippen molar-refractivity contribution in [3.8, 4) is 0 Å². The van der Waals surface area contributed by atoms with Crippen LogP contribution in [0.1, 0.15) is 45.4 Å². The van der Waals surface area contributed by atoms with Gasteiger partial charge in [-0.05, 0) is 38.0 Å². The minimum absolute atomic E-state index is 0.0707. The van der Waals surface area contributed by atoms with Crippen LogP contribution in [0, 0.1) is 11.3 Å². The Kier molecular flexibility index (Phi) is 2.27. The maximum atomic E-state index is 11.9. The zero-order valence-electron chi connectivity index (χ0n) is 8.38. The number of carbonyl (C=O) groups is 1. The van der Waals surface area contributed by atoms with Gasteiger partial charge in [0.1, 0.15) is 5.78 Å². The molecule has 72 valence electrons. The molecule has 2 atom stereocenters. The van der Waals surface area contributed by atoms with E-state index in [4.69, 9.17) is 0 Å². The number of carbonyl (C=O) groups excluding carboxylic acids is 1. The van der Waals surface area contributed by atoms with Gasteiger partial charge in [-0.3, -0.25) is 4.79 Å². The van der Waals surface area contributed by atoms with Gasteiger partial charge in [0.2, 0.25) is 0 Å². The van der Waals surface area contributed by atoms with Crippen LogP contribution in [0.25, 0.3) is 0 Å². The molecule has 2 aliphatic carbocycles. The Hall–Kier alpha value is -0.590. The third-order valence-corrected chi connectivity index (χ3v) is 3.71. The molecule has 2 rings (SSSR count). The van der Waals surface area contributed by atoms with Crippen molar-refractivity contribution in [2.75, 3.05) is 0 Å². The van der Waals surface area contributed by atoms with Crippen molar-refractivity contribution in [2.45, 2.75) is 45.4 Å². The molecule has 1 spiro atoms. The summed E-state index contributed by atoms with van der Waals surface area (Å²) in [5, 5.41) is 0. The lowest BCUT2D eigenvalue weighted by Gasteiger charge is -2.38. The summed E-state index contributed by atoms with van der Waals surface area (Å²) in [4.78, 5) is 11.9. The van der Waals surface area contributed by atoms with Crippen molar-refractivity contribution >= 4 is 5.78 Å². The zero-order chi connectivity index (χ0) is 9.31. The molecule has 0 radical (unpaired) electrons. The van der Waals surface area contributed by atoms with Gasteiger partial charge in [-0.2, -0.15) is 0 Å². The Balaban J connectivity index is 2.13. The van der Waals surface area contributed by atoms with Crippen molar-refractivity contribution in [3.63, 3.8) is 0 Å². The molecule has 0 saturated heterocycles. The summed E-state index contributed by atoms with van der Waals surface area (Å²) in [6.07, 6.45) is 10.9. The van der Waals surface area contributed by atoms with Gasteiger partial charge < -0.3 is 0 Å². The van der Waals surface area contributed by atoms with E-state index in [-0.39, 0.29) is 5.41 Å². The van der Waals surface area contributed by atoms with Crippen LogP contribution in [-0.4, -0.2) is 5.78 Å². The lowest BCUT2D eigenvalue weighted by Crippen LogP contribution is -2.37. The van der Waals surface area contributed by atoms with E-state index in [0.717, 1.165) is 32.1 Å². The summed E-state index contributed by atoms with van der Waals surface area (Å²) in [6.45, 7) is 2.20. The van der Waals surface area contributed by atoms with E-state index < -0.39 is 0 Å². The standard InChI is InChI=1S/C12H18O/c1-10-5-8-12(11(13)9-10)6-3-2-4-7-12/h2-3,10H,4-9H2,1H3. The average molecular weight is 178 g/mol. The van der Waals surface area contributed by atoms with Crippen LogP contribution in [0.15, 0.2) is 12.2 Å². The van der Waals surface area contributed by atoms with Crippen molar-refractivity contribution in [1.82, 2.24) is 0 Å². The van der Waals surface area contributed by atoms with E-state index in [1.807, 2.05) is 0 Å². The van der Waals surface area contributed by atoms with E-state index in [0.29, 0.717) is 11.7 Å². The average Bonchev–Trinajstić information content (AvgIpc) is 2.14. The molecule has 0 aromatic carbocycles. The fourth-order valence-electron chi connectivity index (χ4n) is 2.67. The highest BCUT2D eigenvalue weighted by Gasteiger charge is 2.40. The van der Waals surface area contributed by atoms with Crippen LogP contribution in [-0.2, 0) is 4.79 Å². The fraction of sp³-hybridized carbons (Fsp3) is 0.750. The van der Waals surface area contributed by atoms with E-state index in [9.17, 15) is 4.79 Å². The molecule has 13 heavy (non-hydrogen) atoms.